The highest BCUT2D eigenvalue weighted by Gasteiger charge is 2.28. The Bertz CT molecular complexity index is 995. The Balaban J connectivity index is 1.53. The van der Waals surface area contributed by atoms with Crippen molar-refractivity contribution in [3.05, 3.63) is 76.4 Å². The average molecular weight is 390 g/mol. The maximum Gasteiger partial charge on any atom is 0.223 e. The highest BCUT2D eigenvalue weighted by Crippen LogP contribution is 2.43. The molecule has 1 fully saturated rings. The molecule has 1 N–H and O–H groups in total. The molecular formula is C24H24ClN3. The van der Waals surface area contributed by atoms with Gasteiger partial charge in [-0.15, -0.1) is 0 Å². The molecule has 1 saturated carbocycles. The molecule has 142 valence electrons. The molecule has 3 nitrogen and oxygen atoms in total. The van der Waals surface area contributed by atoms with Crippen molar-refractivity contribution in [2.24, 2.45) is 0 Å². The normalized spacial score (nSPS) is 19.0. The molecular weight excluding hydrogens is 366 g/mol. The topological polar surface area (TPSA) is 37.8 Å². The molecule has 2 aromatic carbocycles. The summed E-state index contributed by atoms with van der Waals surface area (Å²) in [6, 6.07) is 17.2. The molecule has 0 bridgehead atoms. The molecule has 1 atom stereocenters. The fourth-order valence-electron chi connectivity index (χ4n) is 4.67. The Morgan fingerprint density at radius 2 is 1.64 bits per heavy atom. The van der Waals surface area contributed by atoms with Gasteiger partial charge in [-0.25, -0.2) is 9.97 Å². The van der Waals surface area contributed by atoms with Crippen molar-refractivity contribution in [1.29, 1.82) is 0 Å². The van der Waals surface area contributed by atoms with E-state index in [-0.39, 0.29) is 5.92 Å². The third kappa shape index (κ3) is 3.29. The summed E-state index contributed by atoms with van der Waals surface area (Å²) in [5.41, 5.74) is 5.92. The number of benzene rings is 2. The molecule has 0 spiro atoms. The lowest BCUT2D eigenvalue weighted by molar-refractivity contribution is 0.461. The highest BCUT2D eigenvalue weighted by molar-refractivity contribution is 6.31. The van der Waals surface area contributed by atoms with Gasteiger partial charge in [0.05, 0.1) is 5.69 Å². The number of halogens is 1. The quantitative estimate of drug-likeness (QED) is 0.577. The molecule has 0 aliphatic heterocycles. The van der Waals surface area contributed by atoms with Gasteiger partial charge < -0.3 is 5.32 Å². The van der Waals surface area contributed by atoms with E-state index in [2.05, 4.69) is 46.7 Å². The van der Waals surface area contributed by atoms with Gasteiger partial charge >= 0.3 is 0 Å². The summed E-state index contributed by atoms with van der Waals surface area (Å²) < 4.78 is 0. The molecule has 4 heteroatoms. The number of nitrogens with zero attached hydrogens (tertiary/aromatic N) is 2. The molecule has 1 unspecified atom stereocenters. The van der Waals surface area contributed by atoms with E-state index in [9.17, 15) is 0 Å². The largest absolute Gasteiger partial charge is 0.351 e. The van der Waals surface area contributed by atoms with Gasteiger partial charge in [-0.1, -0.05) is 73.3 Å². The molecule has 28 heavy (non-hydrogen) atoms. The highest BCUT2D eigenvalue weighted by atomic mass is 35.5. The van der Waals surface area contributed by atoms with Crippen LogP contribution in [0.25, 0.3) is 11.3 Å². The van der Waals surface area contributed by atoms with E-state index in [4.69, 9.17) is 16.6 Å². The Labute approximate surface area is 171 Å². The Kier molecular flexibility index (Phi) is 4.77. The van der Waals surface area contributed by atoms with Crippen molar-refractivity contribution < 1.29 is 0 Å². The molecule has 1 aromatic heterocycles. The van der Waals surface area contributed by atoms with E-state index in [1.807, 2.05) is 18.3 Å². The molecule has 0 amide bonds. The van der Waals surface area contributed by atoms with Gasteiger partial charge in [0.1, 0.15) is 0 Å². The maximum absolute atomic E-state index is 6.54. The fraction of sp³-hybridized carbons (Fsp3) is 0.333. The minimum absolute atomic E-state index is 0.234. The monoisotopic (exact) mass is 389 g/mol. The molecule has 0 saturated heterocycles. The van der Waals surface area contributed by atoms with Gasteiger partial charge in [-0.2, -0.15) is 0 Å². The lowest BCUT2D eigenvalue weighted by atomic mass is 9.78. The minimum atomic E-state index is 0.234. The summed E-state index contributed by atoms with van der Waals surface area (Å²) in [5.74, 6) is 0.995. The summed E-state index contributed by atoms with van der Waals surface area (Å²) in [5, 5.41) is 4.39. The zero-order valence-electron chi connectivity index (χ0n) is 15.9. The molecule has 2 aliphatic carbocycles. The van der Waals surface area contributed by atoms with Crippen LogP contribution in [0.2, 0.25) is 5.02 Å². The predicted molar refractivity (Wildman–Crippen MR) is 115 cm³/mol. The number of anilines is 1. The fourth-order valence-corrected chi connectivity index (χ4v) is 4.94. The van der Waals surface area contributed by atoms with Crippen molar-refractivity contribution in [1.82, 2.24) is 9.97 Å². The molecule has 1 heterocycles. The van der Waals surface area contributed by atoms with Gasteiger partial charge in [0, 0.05) is 28.7 Å². The molecule has 0 radical (unpaired) electrons. The first-order valence-corrected chi connectivity index (χ1v) is 10.6. The van der Waals surface area contributed by atoms with Gasteiger partial charge in [0.15, 0.2) is 0 Å². The SMILES string of the molecule is Clc1ccccc1C1Cc2cnc(NC3CCCCC3)nc2-c2ccccc21. The third-order valence-corrected chi connectivity index (χ3v) is 6.44. The van der Waals surface area contributed by atoms with E-state index in [0.29, 0.717) is 6.04 Å². The van der Waals surface area contributed by atoms with Crippen LogP contribution in [0.15, 0.2) is 54.7 Å². The van der Waals surface area contributed by atoms with Crippen molar-refractivity contribution in [3.63, 3.8) is 0 Å². The second kappa shape index (κ2) is 7.56. The number of nitrogens with one attached hydrogen (secondary N) is 1. The van der Waals surface area contributed by atoms with E-state index in [1.165, 1.54) is 54.4 Å². The number of hydrogen-bond donors (Lipinski definition) is 1. The predicted octanol–water partition coefficient (Wildman–Crippen LogP) is 6.23. The van der Waals surface area contributed by atoms with Gasteiger partial charge in [-0.05, 0) is 42.0 Å². The van der Waals surface area contributed by atoms with Crippen LogP contribution in [-0.2, 0) is 6.42 Å². The van der Waals surface area contributed by atoms with Crippen LogP contribution < -0.4 is 5.32 Å². The first-order valence-electron chi connectivity index (χ1n) is 10.3. The van der Waals surface area contributed by atoms with E-state index in [0.717, 1.165) is 23.1 Å². The summed E-state index contributed by atoms with van der Waals surface area (Å²) in [4.78, 5) is 9.60. The van der Waals surface area contributed by atoms with Crippen molar-refractivity contribution in [2.45, 2.75) is 50.5 Å². The van der Waals surface area contributed by atoms with Gasteiger partial charge in [-0.3, -0.25) is 0 Å². The van der Waals surface area contributed by atoms with Crippen LogP contribution in [0, 0.1) is 0 Å². The number of rotatable bonds is 3. The van der Waals surface area contributed by atoms with Crippen LogP contribution in [0.1, 0.15) is 54.7 Å². The summed E-state index contributed by atoms with van der Waals surface area (Å²) in [6.45, 7) is 0. The van der Waals surface area contributed by atoms with E-state index < -0.39 is 0 Å². The number of fused-ring (bicyclic) bond motifs is 3. The second-order valence-electron chi connectivity index (χ2n) is 7.91. The van der Waals surface area contributed by atoms with Crippen LogP contribution in [0.5, 0.6) is 0 Å². The lowest BCUT2D eigenvalue weighted by Crippen LogP contribution is -2.24. The summed E-state index contributed by atoms with van der Waals surface area (Å²) >= 11 is 6.54. The van der Waals surface area contributed by atoms with Crippen LogP contribution in [0.3, 0.4) is 0 Å². The molecule has 5 rings (SSSR count). The zero-order valence-corrected chi connectivity index (χ0v) is 16.6. The second-order valence-corrected chi connectivity index (χ2v) is 8.32. The third-order valence-electron chi connectivity index (χ3n) is 6.10. The van der Waals surface area contributed by atoms with Gasteiger partial charge in [0.25, 0.3) is 0 Å². The summed E-state index contributed by atoms with van der Waals surface area (Å²) in [7, 11) is 0. The number of hydrogen-bond acceptors (Lipinski definition) is 3. The average Bonchev–Trinajstić information content (AvgIpc) is 2.75. The van der Waals surface area contributed by atoms with Crippen molar-refractivity contribution in [3.8, 4) is 11.3 Å². The first-order chi connectivity index (χ1) is 13.8. The molecule has 3 aromatic rings. The maximum atomic E-state index is 6.54. The zero-order chi connectivity index (χ0) is 18.9. The Morgan fingerprint density at radius 1 is 0.893 bits per heavy atom. The van der Waals surface area contributed by atoms with Crippen molar-refractivity contribution in [2.75, 3.05) is 5.32 Å². The summed E-state index contributed by atoms with van der Waals surface area (Å²) in [6.07, 6.45) is 9.25. The Hall–Kier alpha value is -2.39. The van der Waals surface area contributed by atoms with Crippen LogP contribution in [0.4, 0.5) is 5.95 Å². The number of aromatic nitrogens is 2. The first kappa shape index (κ1) is 17.7. The minimum Gasteiger partial charge on any atom is -0.351 e. The molecule has 2 aliphatic rings. The standard InChI is InChI=1S/C24H24ClN3/c25-22-13-7-6-11-19(22)21-14-16-15-26-24(27-17-8-2-1-3-9-17)28-23(16)20-12-5-4-10-18(20)21/h4-7,10-13,15,17,21H,1-3,8-9,14H2,(H,26,27,28). The van der Waals surface area contributed by atoms with Gasteiger partial charge in [0.2, 0.25) is 5.95 Å². The van der Waals surface area contributed by atoms with Crippen LogP contribution in [-0.4, -0.2) is 16.0 Å². The van der Waals surface area contributed by atoms with Crippen molar-refractivity contribution >= 4 is 17.5 Å². The van der Waals surface area contributed by atoms with Crippen LogP contribution >= 0.6 is 11.6 Å². The van der Waals surface area contributed by atoms with E-state index in [1.54, 1.807) is 0 Å². The Morgan fingerprint density at radius 3 is 2.46 bits per heavy atom. The smallest absolute Gasteiger partial charge is 0.223 e. The van der Waals surface area contributed by atoms with E-state index >= 15 is 0 Å². The lowest BCUT2D eigenvalue weighted by Gasteiger charge is -2.29.